The molecule has 0 amide bonds. The maximum atomic E-state index is 14.1. The van der Waals surface area contributed by atoms with E-state index in [-0.39, 0.29) is 46.9 Å². The van der Waals surface area contributed by atoms with Crippen molar-refractivity contribution in [1.82, 2.24) is 9.13 Å². The van der Waals surface area contributed by atoms with Crippen molar-refractivity contribution in [1.29, 1.82) is 21.0 Å². The van der Waals surface area contributed by atoms with Gasteiger partial charge in [0.1, 0.15) is 33.6 Å². The lowest BCUT2D eigenvalue weighted by Gasteiger charge is -2.34. The van der Waals surface area contributed by atoms with E-state index >= 15 is 0 Å². The van der Waals surface area contributed by atoms with E-state index in [1.54, 1.807) is 59.2 Å². The minimum atomic E-state index is -0.939. The van der Waals surface area contributed by atoms with Gasteiger partial charge in [-0.3, -0.25) is 28.3 Å². The summed E-state index contributed by atoms with van der Waals surface area (Å²) in [6, 6.07) is 45.4. The van der Waals surface area contributed by atoms with Crippen molar-refractivity contribution in [2.45, 2.75) is 65.5 Å². The molecule has 6 aromatic heterocycles. The summed E-state index contributed by atoms with van der Waals surface area (Å²) in [5, 5.41) is 39.5. The number of nitriles is 4. The average molecular weight is 1150 g/mol. The quantitative estimate of drug-likeness (QED) is 0.122. The molecule has 2 unspecified atom stereocenters. The van der Waals surface area contributed by atoms with E-state index in [1.807, 2.05) is 74.5 Å². The van der Waals surface area contributed by atoms with Crippen LogP contribution in [-0.4, -0.2) is 20.7 Å². The summed E-state index contributed by atoms with van der Waals surface area (Å²) < 4.78 is 6.61. The third kappa shape index (κ3) is 7.59. The number of benzene rings is 4. The molecule has 80 heavy (non-hydrogen) atoms. The molecular formula is C64H42N6O4S6. The fourth-order valence-corrected chi connectivity index (χ4v) is 19.7. The van der Waals surface area contributed by atoms with E-state index < -0.39 is 10.8 Å². The first-order chi connectivity index (χ1) is 38.7. The number of carbonyl (C=O) groups is 2. The molecule has 2 aliphatic rings. The lowest BCUT2D eigenvalue weighted by Crippen LogP contribution is -2.31. The Labute approximate surface area is 482 Å². The van der Waals surface area contributed by atoms with E-state index in [0.717, 1.165) is 117 Å². The maximum Gasteiger partial charge on any atom is 0.269 e. The van der Waals surface area contributed by atoms with E-state index in [9.17, 15) is 40.2 Å². The summed E-state index contributed by atoms with van der Waals surface area (Å²) in [5.41, 5.74) is 8.90. The molecule has 0 N–H and O–H groups in total. The monoisotopic (exact) mass is 1150 g/mol. The molecule has 0 aliphatic heterocycles. The van der Waals surface area contributed by atoms with Gasteiger partial charge in [0, 0.05) is 45.1 Å². The number of nitrogens with zero attached hydrogens (tertiary/aromatic N) is 6. The van der Waals surface area contributed by atoms with Gasteiger partial charge in [-0.05, 0) is 99.2 Å². The number of aromatic nitrogens is 2. The largest absolute Gasteiger partial charge is 0.298 e. The number of ketones is 2. The summed E-state index contributed by atoms with van der Waals surface area (Å²) in [6.07, 6.45) is 3.76. The van der Waals surface area contributed by atoms with Crippen molar-refractivity contribution < 1.29 is 9.59 Å². The molecule has 4 aromatic carbocycles. The van der Waals surface area contributed by atoms with E-state index in [2.05, 4.69) is 98.8 Å². The van der Waals surface area contributed by atoms with Crippen LogP contribution in [0.1, 0.15) is 114 Å². The summed E-state index contributed by atoms with van der Waals surface area (Å²) >= 11 is 8.96. The average Bonchev–Trinajstić information content (AvgIpc) is 3.62. The van der Waals surface area contributed by atoms with Crippen LogP contribution in [0.25, 0.3) is 52.2 Å². The molecule has 6 heterocycles. The predicted octanol–water partition coefficient (Wildman–Crippen LogP) is 11.4. The van der Waals surface area contributed by atoms with Crippen LogP contribution in [0.15, 0.2) is 119 Å². The molecule has 0 bridgehead atoms. The smallest absolute Gasteiger partial charge is 0.269 e. The Morgan fingerprint density at radius 3 is 1.11 bits per heavy atom. The van der Waals surface area contributed by atoms with E-state index in [0.29, 0.717) is 29.5 Å². The maximum absolute atomic E-state index is 14.1. The van der Waals surface area contributed by atoms with Crippen molar-refractivity contribution in [3.8, 4) is 43.8 Å². The van der Waals surface area contributed by atoms with Gasteiger partial charge in [0.25, 0.3) is 11.1 Å². The minimum absolute atomic E-state index is 0.0508. The summed E-state index contributed by atoms with van der Waals surface area (Å²) in [7, 11) is 0. The SMILES string of the molecule is CCn1c(=C(C#N)C#N)s/c(=C/c2cc3c(s2)-c2sc4c5c(sc4c2C3(c2ccc(C)cc2)c2ccc(C(C)=O)cc2)-c2sc(/C=c3/sc(=C(C#N)C#N)n(CC)c3=O)cc2C5(c2ccc(C)cc2)c2ccc(C(C)=O)cc2)c1=O. The summed E-state index contributed by atoms with van der Waals surface area (Å²) in [6.45, 7) is 11.5. The number of thiazole rings is 2. The van der Waals surface area contributed by atoms with Crippen molar-refractivity contribution in [2.24, 2.45) is 0 Å². The molecule has 0 fully saturated rings. The van der Waals surface area contributed by atoms with Crippen molar-refractivity contribution in [3.05, 3.63) is 225 Å². The van der Waals surface area contributed by atoms with E-state index in [1.165, 1.54) is 9.13 Å². The zero-order valence-electron chi connectivity index (χ0n) is 43.7. The molecule has 12 rings (SSSR count). The van der Waals surface area contributed by atoms with Crippen LogP contribution in [0, 0.1) is 59.2 Å². The second kappa shape index (κ2) is 19.7. The third-order valence-electron chi connectivity index (χ3n) is 15.3. The van der Waals surface area contributed by atoms with Crippen LogP contribution < -0.4 is 29.5 Å². The molecule has 0 saturated carbocycles. The van der Waals surface area contributed by atoms with Crippen molar-refractivity contribution in [2.75, 3.05) is 0 Å². The molecule has 0 spiro atoms. The highest BCUT2D eigenvalue weighted by atomic mass is 32.1. The van der Waals surface area contributed by atoms with Gasteiger partial charge in [-0.2, -0.15) is 21.0 Å². The van der Waals surface area contributed by atoms with Crippen molar-refractivity contribution >= 4 is 112 Å². The number of aryl methyl sites for hydroxylation is 2. The van der Waals surface area contributed by atoms with Gasteiger partial charge in [0.2, 0.25) is 0 Å². The Morgan fingerprint density at radius 2 is 0.812 bits per heavy atom. The number of rotatable bonds is 10. The molecule has 0 saturated heterocycles. The molecule has 16 heteroatoms. The number of hydrogen-bond acceptors (Lipinski definition) is 14. The van der Waals surface area contributed by atoms with Crippen LogP contribution in [0.4, 0.5) is 0 Å². The van der Waals surface area contributed by atoms with Crippen LogP contribution in [0.3, 0.4) is 0 Å². The van der Waals surface area contributed by atoms with Gasteiger partial charge in [0.05, 0.1) is 48.8 Å². The Morgan fingerprint density at radius 1 is 0.487 bits per heavy atom. The molecule has 2 atom stereocenters. The Bertz CT molecular complexity index is 4570. The first-order valence-electron chi connectivity index (χ1n) is 25.4. The molecule has 0 radical (unpaired) electrons. The Hall–Kier alpha value is -8.42. The Balaban J connectivity index is 1.22. The molecule has 10 nitrogen and oxygen atoms in total. The summed E-state index contributed by atoms with van der Waals surface area (Å²) in [4.78, 5) is 60.0. The van der Waals surface area contributed by atoms with Gasteiger partial charge in [-0.25, -0.2) is 0 Å². The topological polar surface area (TPSA) is 173 Å². The lowest BCUT2D eigenvalue weighted by atomic mass is 9.67. The number of carbonyl (C=O) groups excluding carboxylic acids is 2. The highest BCUT2D eigenvalue weighted by Gasteiger charge is 2.55. The predicted molar refractivity (Wildman–Crippen MR) is 323 cm³/mol. The zero-order chi connectivity index (χ0) is 56.1. The highest BCUT2D eigenvalue weighted by Crippen LogP contribution is 2.70. The second-order valence-electron chi connectivity index (χ2n) is 19.7. The molecule has 10 aromatic rings. The van der Waals surface area contributed by atoms with Gasteiger partial charge >= 0.3 is 0 Å². The van der Waals surface area contributed by atoms with Gasteiger partial charge in [-0.15, -0.1) is 68.0 Å². The Kier molecular flexibility index (Phi) is 12.9. The first-order valence-corrected chi connectivity index (χ1v) is 30.3. The lowest BCUT2D eigenvalue weighted by molar-refractivity contribution is 0.100. The van der Waals surface area contributed by atoms with Crippen LogP contribution in [0.2, 0.25) is 0 Å². The number of thiophene rings is 4. The van der Waals surface area contributed by atoms with E-state index in [4.69, 9.17) is 0 Å². The normalized spacial score (nSPS) is 16.1. The van der Waals surface area contributed by atoms with Crippen LogP contribution in [0.5, 0.6) is 0 Å². The number of Topliss-reactive ketones (excluding diaryl/α,β-unsaturated/α-hetero) is 2. The summed E-state index contributed by atoms with van der Waals surface area (Å²) in [5.74, 6) is -0.102. The number of fused-ring (bicyclic) bond motifs is 9. The van der Waals surface area contributed by atoms with Crippen LogP contribution in [-0.2, 0) is 23.9 Å². The highest BCUT2D eigenvalue weighted by molar-refractivity contribution is 7.34. The molecule has 2 aliphatic carbocycles. The van der Waals surface area contributed by atoms with Crippen molar-refractivity contribution in [3.63, 3.8) is 0 Å². The standard InChI is InChI=1S/C64H42N6O4S6/c1-7-69-59(73)49(77-61(69)39(29-65)30-66)27-45-25-47-53(75-45)55-51(63(47,41-17-9-33(3)10-18-41)43-21-13-37(14-22-43)35(5)71)57-58(79-55)52-56(80-57)54-48(26-46(76-54)28-50-60(74)70(8-2)62(78-50)40(31-67)32-68)64(52,42-19-11-34(4)12-20-42)44-23-15-38(16-24-44)36(6)72/h9-28H,7-8H2,1-6H3/b49-27+,50-28+. The first kappa shape index (κ1) is 52.3. The minimum Gasteiger partial charge on any atom is -0.298 e. The zero-order valence-corrected chi connectivity index (χ0v) is 48.6. The third-order valence-corrected chi connectivity index (χ3v) is 22.6. The van der Waals surface area contributed by atoms with Gasteiger partial charge in [0.15, 0.2) is 22.7 Å². The van der Waals surface area contributed by atoms with Crippen LogP contribution >= 0.6 is 68.0 Å². The molecular weight excluding hydrogens is 1110 g/mol. The molecule has 388 valence electrons. The fraction of sp³-hybridized carbons (Fsp3) is 0.156. The number of hydrogen-bond donors (Lipinski definition) is 0. The van der Waals surface area contributed by atoms with Gasteiger partial charge < -0.3 is 0 Å². The van der Waals surface area contributed by atoms with Gasteiger partial charge in [-0.1, -0.05) is 108 Å². The second-order valence-corrected chi connectivity index (χ2v) is 26.0. The fourth-order valence-electron chi connectivity index (χ4n) is 11.6.